The zero-order valence-electron chi connectivity index (χ0n) is 18.5. The Kier molecular flexibility index (Phi) is 10.1. The number of halogens is 1. The Morgan fingerprint density at radius 1 is 1.16 bits per heavy atom. The van der Waals surface area contributed by atoms with Crippen LogP contribution in [0.3, 0.4) is 0 Å². The molecule has 0 radical (unpaired) electrons. The number of anilines is 1. The highest BCUT2D eigenvalue weighted by Crippen LogP contribution is 2.31. The van der Waals surface area contributed by atoms with Crippen molar-refractivity contribution >= 4 is 41.5 Å². The Bertz CT molecular complexity index is 868. The van der Waals surface area contributed by atoms with Crippen molar-refractivity contribution in [2.45, 2.75) is 45.6 Å². The number of nitrogens with zero attached hydrogens (tertiary/aromatic N) is 1. The number of carbonyl (C=O) groups is 1. The predicted molar refractivity (Wildman–Crippen MR) is 138 cm³/mol. The third kappa shape index (κ3) is 7.72. The zero-order valence-corrected chi connectivity index (χ0v) is 20.8. The molecule has 0 aliphatic carbocycles. The predicted octanol–water partition coefficient (Wildman–Crippen LogP) is 4.32. The van der Waals surface area contributed by atoms with E-state index in [-0.39, 0.29) is 41.9 Å². The fraction of sp³-hybridized carbons (Fsp3) is 0.417. The van der Waals surface area contributed by atoms with Crippen LogP contribution in [0.1, 0.15) is 44.2 Å². The fourth-order valence-corrected chi connectivity index (χ4v) is 3.54. The van der Waals surface area contributed by atoms with Gasteiger partial charge in [0.25, 0.3) is 0 Å². The molecule has 0 aromatic heterocycles. The van der Waals surface area contributed by atoms with Crippen molar-refractivity contribution in [3.05, 3.63) is 59.7 Å². The van der Waals surface area contributed by atoms with Crippen LogP contribution in [-0.2, 0) is 11.2 Å². The smallest absolute Gasteiger partial charge is 0.225 e. The molecule has 7 heteroatoms. The van der Waals surface area contributed by atoms with Gasteiger partial charge in [0.1, 0.15) is 5.75 Å². The lowest BCUT2D eigenvalue weighted by atomic mass is 9.91. The Morgan fingerprint density at radius 3 is 2.61 bits per heavy atom. The molecule has 1 heterocycles. The summed E-state index contributed by atoms with van der Waals surface area (Å²) in [7, 11) is 0. The molecule has 0 saturated heterocycles. The van der Waals surface area contributed by atoms with Gasteiger partial charge in [0.15, 0.2) is 5.96 Å². The first-order chi connectivity index (χ1) is 14.5. The Morgan fingerprint density at radius 2 is 1.90 bits per heavy atom. The van der Waals surface area contributed by atoms with Crippen LogP contribution in [0.5, 0.6) is 5.75 Å². The Balaban J connectivity index is 0.00000341. The number of para-hydroxylation sites is 1. The number of hydrogen-bond donors (Lipinski definition) is 3. The molecule has 6 nitrogen and oxygen atoms in total. The summed E-state index contributed by atoms with van der Waals surface area (Å²) in [6.45, 7) is 8.23. The van der Waals surface area contributed by atoms with Crippen LogP contribution in [-0.4, -0.2) is 37.6 Å². The number of aliphatic imine (C=N–C) groups is 1. The molecule has 31 heavy (non-hydrogen) atoms. The highest BCUT2D eigenvalue weighted by atomic mass is 127. The summed E-state index contributed by atoms with van der Waals surface area (Å²) in [5, 5.41) is 9.63. The molecule has 1 atom stereocenters. The first kappa shape index (κ1) is 25.0. The molecule has 1 aliphatic heterocycles. The molecule has 3 rings (SSSR count). The van der Waals surface area contributed by atoms with Gasteiger partial charge in [-0.1, -0.05) is 30.3 Å². The third-order valence-corrected chi connectivity index (χ3v) is 4.92. The van der Waals surface area contributed by atoms with Gasteiger partial charge in [-0.3, -0.25) is 9.79 Å². The summed E-state index contributed by atoms with van der Waals surface area (Å²) in [4.78, 5) is 16.8. The lowest BCUT2D eigenvalue weighted by molar-refractivity contribution is -0.116. The summed E-state index contributed by atoms with van der Waals surface area (Å²) < 4.78 is 5.69. The Labute approximate surface area is 202 Å². The minimum absolute atomic E-state index is 0. The second kappa shape index (κ2) is 12.5. The second-order valence-corrected chi connectivity index (χ2v) is 7.74. The van der Waals surface area contributed by atoms with Crippen molar-refractivity contribution in [2.75, 3.05) is 25.0 Å². The van der Waals surface area contributed by atoms with Crippen LogP contribution in [0.4, 0.5) is 5.69 Å². The van der Waals surface area contributed by atoms with Crippen molar-refractivity contribution in [1.29, 1.82) is 0 Å². The standard InChI is InChI=1S/C24H32N4O2.HI/c1-4-25-24(26-14-13-18-9-11-20(12-10-18)30-17(2)3)27-16-19-15-23(29)28-22-8-6-5-7-21(19)22;/h5-12,17,19H,4,13-16H2,1-3H3,(H,28,29)(H2,25,26,27);1H. The molecule has 1 aliphatic rings. The number of nitrogens with one attached hydrogen (secondary N) is 3. The van der Waals surface area contributed by atoms with Gasteiger partial charge in [0.2, 0.25) is 5.91 Å². The van der Waals surface area contributed by atoms with E-state index in [1.54, 1.807) is 0 Å². The summed E-state index contributed by atoms with van der Waals surface area (Å²) in [6.07, 6.45) is 1.53. The van der Waals surface area contributed by atoms with Crippen molar-refractivity contribution < 1.29 is 9.53 Å². The number of ether oxygens (including phenoxy) is 1. The van der Waals surface area contributed by atoms with E-state index < -0.39 is 0 Å². The lowest BCUT2D eigenvalue weighted by Gasteiger charge is -2.24. The van der Waals surface area contributed by atoms with Crippen molar-refractivity contribution in [2.24, 2.45) is 4.99 Å². The van der Waals surface area contributed by atoms with E-state index in [1.165, 1.54) is 5.56 Å². The number of rotatable bonds is 8. The van der Waals surface area contributed by atoms with Crippen molar-refractivity contribution in [3.8, 4) is 5.75 Å². The molecular weight excluding hydrogens is 503 g/mol. The SMILES string of the molecule is CCNC(=NCC1CC(=O)Nc2ccccc21)NCCc1ccc(OC(C)C)cc1.I. The quantitative estimate of drug-likeness (QED) is 0.267. The van der Waals surface area contributed by atoms with E-state index in [4.69, 9.17) is 9.73 Å². The van der Waals surface area contributed by atoms with Gasteiger partial charge in [-0.2, -0.15) is 0 Å². The fourth-order valence-electron chi connectivity index (χ4n) is 3.54. The molecule has 2 aromatic carbocycles. The molecule has 0 saturated carbocycles. The first-order valence-corrected chi connectivity index (χ1v) is 10.7. The van der Waals surface area contributed by atoms with Crippen LogP contribution >= 0.6 is 24.0 Å². The highest BCUT2D eigenvalue weighted by Gasteiger charge is 2.24. The summed E-state index contributed by atoms with van der Waals surface area (Å²) in [5.74, 6) is 1.82. The van der Waals surface area contributed by atoms with Crippen LogP contribution in [0.2, 0.25) is 0 Å². The Hall–Kier alpha value is -2.29. The minimum Gasteiger partial charge on any atom is -0.491 e. The maximum Gasteiger partial charge on any atom is 0.225 e. The molecule has 2 aromatic rings. The van der Waals surface area contributed by atoms with Crippen molar-refractivity contribution in [3.63, 3.8) is 0 Å². The van der Waals surface area contributed by atoms with E-state index in [0.29, 0.717) is 13.0 Å². The minimum atomic E-state index is 0. The number of benzene rings is 2. The van der Waals surface area contributed by atoms with Gasteiger partial charge >= 0.3 is 0 Å². The van der Waals surface area contributed by atoms with Gasteiger partial charge in [0, 0.05) is 31.1 Å². The molecule has 168 valence electrons. The van der Waals surface area contributed by atoms with Gasteiger partial charge in [-0.05, 0) is 56.5 Å². The summed E-state index contributed by atoms with van der Waals surface area (Å²) >= 11 is 0. The summed E-state index contributed by atoms with van der Waals surface area (Å²) in [5.41, 5.74) is 3.30. The average Bonchev–Trinajstić information content (AvgIpc) is 2.72. The zero-order chi connectivity index (χ0) is 21.3. The van der Waals surface area contributed by atoms with Crippen LogP contribution in [0, 0.1) is 0 Å². The van der Waals surface area contributed by atoms with E-state index in [2.05, 4.69) is 34.1 Å². The maximum absolute atomic E-state index is 12.0. The van der Waals surface area contributed by atoms with Gasteiger partial charge in [-0.15, -0.1) is 24.0 Å². The first-order valence-electron chi connectivity index (χ1n) is 10.7. The number of fused-ring (bicyclic) bond motifs is 1. The maximum atomic E-state index is 12.0. The number of hydrogen-bond acceptors (Lipinski definition) is 3. The summed E-state index contributed by atoms with van der Waals surface area (Å²) in [6, 6.07) is 16.2. The topological polar surface area (TPSA) is 74.8 Å². The molecule has 1 amide bonds. The van der Waals surface area contributed by atoms with Gasteiger partial charge in [-0.25, -0.2) is 0 Å². The number of guanidine groups is 1. The van der Waals surface area contributed by atoms with Crippen LogP contribution < -0.4 is 20.7 Å². The van der Waals surface area contributed by atoms with Crippen molar-refractivity contribution in [1.82, 2.24) is 10.6 Å². The molecule has 0 bridgehead atoms. The number of amides is 1. The molecule has 1 unspecified atom stereocenters. The average molecular weight is 536 g/mol. The van der Waals surface area contributed by atoms with Gasteiger partial charge in [0.05, 0.1) is 12.6 Å². The van der Waals surface area contributed by atoms with E-state index in [1.807, 2.05) is 51.1 Å². The molecule has 3 N–H and O–H groups in total. The second-order valence-electron chi connectivity index (χ2n) is 7.74. The highest BCUT2D eigenvalue weighted by molar-refractivity contribution is 14.0. The van der Waals surface area contributed by atoms with Crippen LogP contribution in [0.15, 0.2) is 53.5 Å². The third-order valence-electron chi connectivity index (χ3n) is 4.92. The van der Waals surface area contributed by atoms with E-state index in [9.17, 15) is 4.79 Å². The number of carbonyl (C=O) groups excluding carboxylic acids is 1. The van der Waals surface area contributed by atoms with E-state index in [0.717, 1.165) is 42.5 Å². The van der Waals surface area contributed by atoms with Crippen LogP contribution in [0.25, 0.3) is 0 Å². The van der Waals surface area contributed by atoms with E-state index >= 15 is 0 Å². The van der Waals surface area contributed by atoms with Gasteiger partial charge < -0.3 is 20.7 Å². The molecule has 0 fully saturated rings. The normalized spacial score (nSPS) is 15.5. The lowest BCUT2D eigenvalue weighted by Crippen LogP contribution is -2.38. The largest absolute Gasteiger partial charge is 0.491 e. The molecular formula is C24H33IN4O2. The monoisotopic (exact) mass is 536 g/mol. The molecule has 0 spiro atoms.